The van der Waals surface area contributed by atoms with E-state index in [9.17, 15) is 4.79 Å². The van der Waals surface area contributed by atoms with Crippen LogP contribution in [0.5, 0.6) is 11.5 Å². The van der Waals surface area contributed by atoms with E-state index < -0.39 is 5.97 Å². The third-order valence-corrected chi connectivity index (χ3v) is 2.87. The van der Waals surface area contributed by atoms with E-state index in [1.165, 1.54) is 18.5 Å². The summed E-state index contributed by atoms with van der Waals surface area (Å²) in [5, 5.41) is 9.04. The number of nitrogens with zero attached hydrogens (tertiary/aromatic N) is 1. The molecule has 0 saturated heterocycles. The molecule has 0 spiro atoms. The van der Waals surface area contributed by atoms with Crippen molar-refractivity contribution in [2.24, 2.45) is 0 Å². The van der Waals surface area contributed by atoms with Crippen LogP contribution in [0.25, 0.3) is 0 Å². The zero-order valence-corrected chi connectivity index (χ0v) is 11.1. The standard InChI is InChI=1S/C13H10BrNO3/c1-8-2-3-9(14)6-12(8)18-11-4-5-15-7-10(11)13(16)17/h2-7H,1H3,(H,16,17). The predicted octanol–water partition coefficient (Wildman–Crippen LogP) is 3.64. The number of carboxylic acids is 1. The molecule has 0 fully saturated rings. The van der Waals surface area contributed by atoms with Crippen molar-refractivity contribution in [1.82, 2.24) is 4.98 Å². The fourth-order valence-corrected chi connectivity index (χ4v) is 1.77. The molecule has 0 aliphatic rings. The third-order valence-electron chi connectivity index (χ3n) is 2.38. The van der Waals surface area contributed by atoms with E-state index in [0.717, 1.165) is 10.0 Å². The molecule has 0 unspecified atom stereocenters. The van der Waals surface area contributed by atoms with E-state index in [-0.39, 0.29) is 11.3 Å². The van der Waals surface area contributed by atoms with Gasteiger partial charge < -0.3 is 9.84 Å². The second kappa shape index (κ2) is 5.18. The van der Waals surface area contributed by atoms with Gasteiger partial charge in [-0.25, -0.2) is 4.79 Å². The third kappa shape index (κ3) is 2.68. The fraction of sp³-hybridized carbons (Fsp3) is 0.0769. The summed E-state index contributed by atoms with van der Waals surface area (Å²) in [6.07, 6.45) is 2.76. The predicted molar refractivity (Wildman–Crippen MR) is 70.1 cm³/mol. The number of benzene rings is 1. The molecule has 92 valence electrons. The molecule has 1 aromatic carbocycles. The molecule has 0 aliphatic heterocycles. The molecule has 0 radical (unpaired) electrons. The van der Waals surface area contributed by atoms with Gasteiger partial charge in [0.05, 0.1) is 0 Å². The molecule has 0 atom stereocenters. The van der Waals surface area contributed by atoms with Gasteiger partial charge in [0.15, 0.2) is 0 Å². The SMILES string of the molecule is Cc1ccc(Br)cc1Oc1ccncc1C(=O)O. The number of hydrogen-bond acceptors (Lipinski definition) is 3. The summed E-state index contributed by atoms with van der Waals surface area (Å²) < 4.78 is 6.50. The molecular weight excluding hydrogens is 298 g/mol. The molecule has 4 nitrogen and oxygen atoms in total. The van der Waals surface area contributed by atoms with E-state index in [1.54, 1.807) is 6.07 Å². The molecule has 2 aromatic rings. The Morgan fingerprint density at radius 2 is 2.11 bits per heavy atom. The summed E-state index contributed by atoms with van der Waals surface area (Å²) in [6.45, 7) is 1.89. The number of rotatable bonds is 3. The molecule has 0 bridgehead atoms. The van der Waals surface area contributed by atoms with Crippen molar-refractivity contribution in [2.75, 3.05) is 0 Å². The Hall–Kier alpha value is -1.88. The van der Waals surface area contributed by atoms with Crippen molar-refractivity contribution in [3.8, 4) is 11.5 Å². The van der Waals surface area contributed by atoms with Crippen molar-refractivity contribution in [3.63, 3.8) is 0 Å². The molecule has 5 heteroatoms. The molecular formula is C13H10BrNO3. The quantitative estimate of drug-likeness (QED) is 0.940. The van der Waals surface area contributed by atoms with Crippen LogP contribution in [-0.4, -0.2) is 16.1 Å². The van der Waals surface area contributed by atoms with Gasteiger partial charge in [-0.1, -0.05) is 22.0 Å². The minimum atomic E-state index is -1.06. The van der Waals surface area contributed by atoms with Crippen molar-refractivity contribution in [2.45, 2.75) is 6.92 Å². The molecule has 1 heterocycles. The molecule has 0 amide bonds. The maximum absolute atomic E-state index is 11.0. The maximum atomic E-state index is 11.0. The first-order valence-corrected chi connectivity index (χ1v) is 5.98. The first-order chi connectivity index (χ1) is 8.58. The minimum Gasteiger partial charge on any atom is -0.477 e. The molecule has 1 N–H and O–H groups in total. The second-order valence-corrected chi connectivity index (χ2v) is 4.60. The van der Waals surface area contributed by atoms with Crippen molar-refractivity contribution >= 4 is 21.9 Å². The van der Waals surface area contributed by atoms with Crippen LogP contribution in [0.3, 0.4) is 0 Å². The van der Waals surface area contributed by atoms with Crippen LogP contribution in [0.4, 0.5) is 0 Å². The Kier molecular flexibility index (Phi) is 3.62. The van der Waals surface area contributed by atoms with Crippen molar-refractivity contribution < 1.29 is 14.6 Å². The highest BCUT2D eigenvalue weighted by atomic mass is 79.9. The number of halogens is 1. The van der Waals surface area contributed by atoms with Crippen molar-refractivity contribution in [1.29, 1.82) is 0 Å². The van der Waals surface area contributed by atoms with Gasteiger partial charge in [-0.2, -0.15) is 0 Å². The van der Waals surface area contributed by atoms with Crippen LogP contribution in [-0.2, 0) is 0 Å². The van der Waals surface area contributed by atoms with Gasteiger partial charge in [0.2, 0.25) is 0 Å². The first-order valence-electron chi connectivity index (χ1n) is 5.19. The van der Waals surface area contributed by atoms with E-state index in [0.29, 0.717) is 5.75 Å². The van der Waals surface area contributed by atoms with Crippen molar-refractivity contribution in [3.05, 3.63) is 52.3 Å². The van der Waals surface area contributed by atoms with E-state index in [2.05, 4.69) is 20.9 Å². The second-order valence-electron chi connectivity index (χ2n) is 3.69. The van der Waals surface area contributed by atoms with Crippen LogP contribution in [0, 0.1) is 6.92 Å². The molecule has 1 aromatic heterocycles. The van der Waals surface area contributed by atoms with E-state index in [4.69, 9.17) is 9.84 Å². The number of aromatic nitrogens is 1. The van der Waals surface area contributed by atoms with Crippen LogP contribution >= 0.6 is 15.9 Å². The number of carboxylic acid groups (broad SMARTS) is 1. The van der Waals surface area contributed by atoms with Gasteiger partial charge in [-0.3, -0.25) is 4.98 Å². The lowest BCUT2D eigenvalue weighted by atomic mass is 10.2. The summed E-state index contributed by atoms with van der Waals surface area (Å²) in [7, 11) is 0. The Bertz CT molecular complexity index is 599. The zero-order chi connectivity index (χ0) is 13.1. The fourth-order valence-electron chi connectivity index (χ4n) is 1.43. The Labute approximate surface area is 112 Å². The average molecular weight is 308 g/mol. The van der Waals surface area contributed by atoms with Crippen LogP contribution in [0.2, 0.25) is 0 Å². The number of carbonyl (C=O) groups is 1. The molecule has 2 rings (SSSR count). The topological polar surface area (TPSA) is 59.4 Å². The van der Waals surface area contributed by atoms with Crippen LogP contribution in [0.1, 0.15) is 15.9 Å². The summed E-state index contributed by atoms with van der Waals surface area (Å²) in [5.74, 6) is -0.178. The molecule has 18 heavy (non-hydrogen) atoms. The normalized spacial score (nSPS) is 10.1. The van der Waals surface area contributed by atoms with Gasteiger partial charge in [0, 0.05) is 22.9 Å². The monoisotopic (exact) mass is 307 g/mol. The van der Waals surface area contributed by atoms with E-state index in [1.807, 2.05) is 19.1 Å². The van der Waals surface area contributed by atoms with Gasteiger partial charge in [-0.15, -0.1) is 0 Å². The maximum Gasteiger partial charge on any atom is 0.341 e. The van der Waals surface area contributed by atoms with Crippen LogP contribution < -0.4 is 4.74 Å². The number of aryl methyl sites for hydroxylation is 1. The number of aromatic carboxylic acids is 1. The highest BCUT2D eigenvalue weighted by Crippen LogP contribution is 2.29. The smallest absolute Gasteiger partial charge is 0.341 e. The molecule has 0 aliphatic carbocycles. The Morgan fingerprint density at radius 3 is 2.83 bits per heavy atom. The number of pyridine rings is 1. The lowest BCUT2D eigenvalue weighted by Crippen LogP contribution is -2.01. The minimum absolute atomic E-state index is 0.0388. The number of hydrogen-bond donors (Lipinski definition) is 1. The molecule has 0 saturated carbocycles. The van der Waals surface area contributed by atoms with Crippen LogP contribution in [0.15, 0.2) is 41.1 Å². The summed E-state index contributed by atoms with van der Waals surface area (Å²) in [5.41, 5.74) is 0.961. The van der Waals surface area contributed by atoms with Gasteiger partial charge >= 0.3 is 5.97 Å². The largest absolute Gasteiger partial charge is 0.477 e. The van der Waals surface area contributed by atoms with Gasteiger partial charge in [0.1, 0.15) is 17.1 Å². The summed E-state index contributed by atoms with van der Waals surface area (Å²) in [6, 6.07) is 7.11. The summed E-state index contributed by atoms with van der Waals surface area (Å²) in [4.78, 5) is 14.8. The Morgan fingerprint density at radius 1 is 1.33 bits per heavy atom. The Balaban J connectivity index is 2.40. The lowest BCUT2D eigenvalue weighted by molar-refractivity contribution is 0.0693. The number of ether oxygens (including phenoxy) is 1. The van der Waals surface area contributed by atoms with E-state index >= 15 is 0 Å². The average Bonchev–Trinajstić information content (AvgIpc) is 2.34. The summed E-state index contributed by atoms with van der Waals surface area (Å²) >= 11 is 3.35. The highest BCUT2D eigenvalue weighted by Gasteiger charge is 2.12. The first kappa shape index (κ1) is 12.6. The van der Waals surface area contributed by atoms with Gasteiger partial charge in [-0.05, 0) is 24.6 Å². The zero-order valence-electron chi connectivity index (χ0n) is 9.55. The highest BCUT2D eigenvalue weighted by molar-refractivity contribution is 9.10. The lowest BCUT2D eigenvalue weighted by Gasteiger charge is -2.10. The van der Waals surface area contributed by atoms with Gasteiger partial charge in [0.25, 0.3) is 0 Å².